The van der Waals surface area contributed by atoms with Crippen molar-refractivity contribution in [3.63, 3.8) is 0 Å². The highest BCUT2D eigenvalue weighted by molar-refractivity contribution is 7.12. The highest BCUT2D eigenvalue weighted by Gasteiger charge is 2.20. The molecular weight excluding hydrogens is 370 g/mol. The molecule has 1 aliphatic rings. The number of carbonyl (C=O) groups is 1. The van der Waals surface area contributed by atoms with Gasteiger partial charge >= 0.3 is 0 Å². The number of aromatic nitrogens is 2. The van der Waals surface area contributed by atoms with Gasteiger partial charge in [-0.15, -0.1) is 0 Å². The smallest absolute Gasteiger partial charge is 0.253 e. The summed E-state index contributed by atoms with van der Waals surface area (Å²) in [6, 6.07) is 8.18. The van der Waals surface area contributed by atoms with Crippen LogP contribution in [0.4, 0.5) is 0 Å². The van der Waals surface area contributed by atoms with Gasteiger partial charge in [0.15, 0.2) is 0 Å². The molecule has 0 spiro atoms. The molecule has 6 nitrogen and oxygen atoms in total. The average molecular weight is 402 g/mol. The Morgan fingerprint density at radius 1 is 1.14 bits per heavy atom. The standard InChI is InChI=1S/C21H31N5OS/c1-5-7-18(6-2)22-21-25(4)23-19(28-21)16-8-10-17(11-9-16)20(27)26-14-12-24(3)13-15-26/h8-11,18H,5-7,12-15H2,1-4H3. The van der Waals surface area contributed by atoms with Gasteiger partial charge in [-0.2, -0.15) is 5.10 Å². The first kappa shape index (κ1) is 20.7. The van der Waals surface area contributed by atoms with Crippen LogP contribution in [-0.4, -0.2) is 64.8 Å². The molecule has 1 aliphatic heterocycles. The molecule has 1 aromatic carbocycles. The summed E-state index contributed by atoms with van der Waals surface area (Å²) in [5.74, 6) is 0.116. The molecule has 1 atom stereocenters. The number of amides is 1. The molecule has 152 valence electrons. The van der Waals surface area contributed by atoms with Gasteiger partial charge in [-0.1, -0.05) is 43.7 Å². The van der Waals surface area contributed by atoms with Crippen LogP contribution in [0.25, 0.3) is 10.6 Å². The van der Waals surface area contributed by atoms with E-state index in [1.807, 2.05) is 40.9 Å². The second-order valence-electron chi connectivity index (χ2n) is 7.47. The van der Waals surface area contributed by atoms with Gasteiger partial charge in [-0.05, 0) is 32.0 Å². The van der Waals surface area contributed by atoms with Crippen LogP contribution in [0.5, 0.6) is 0 Å². The van der Waals surface area contributed by atoms with E-state index in [1.165, 1.54) is 0 Å². The minimum atomic E-state index is 0.116. The predicted molar refractivity (Wildman–Crippen MR) is 114 cm³/mol. The number of hydrogen-bond donors (Lipinski definition) is 0. The first-order valence-corrected chi connectivity index (χ1v) is 11.0. The van der Waals surface area contributed by atoms with Gasteiger partial charge in [0.2, 0.25) is 4.80 Å². The van der Waals surface area contributed by atoms with Crippen molar-refractivity contribution in [3.8, 4) is 10.6 Å². The Balaban J connectivity index is 1.76. The highest BCUT2D eigenvalue weighted by atomic mass is 32.1. The molecule has 2 heterocycles. The summed E-state index contributed by atoms with van der Waals surface area (Å²) in [7, 11) is 4.04. The molecular formula is C21H31N5OS. The van der Waals surface area contributed by atoms with Gasteiger partial charge < -0.3 is 9.80 Å². The van der Waals surface area contributed by atoms with E-state index in [0.717, 1.165) is 66.4 Å². The first-order valence-electron chi connectivity index (χ1n) is 10.2. The molecule has 1 aromatic heterocycles. The number of carbonyl (C=O) groups excluding carboxylic acids is 1. The number of likely N-dealkylation sites (N-methyl/N-ethyl adjacent to an activating group) is 1. The second-order valence-corrected chi connectivity index (χ2v) is 8.42. The minimum Gasteiger partial charge on any atom is -0.336 e. The molecule has 0 bridgehead atoms. The lowest BCUT2D eigenvalue weighted by atomic mass is 10.1. The van der Waals surface area contributed by atoms with E-state index in [0.29, 0.717) is 6.04 Å². The molecule has 1 amide bonds. The summed E-state index contributed by atoms with van der Waals surface area (Å²) in [5, 5.41) is 5.58. The lowest BCUT2D eigenvalue weighted by Gasteiger charge is -2.32. The fourth-order valence-corrected chi connectivity index (χ4v) is 4.34. The summed E-state index contributed by atoms with van der Waals surface area (Å²) in [6.45, 7) is 7.83. The third-order valence-corrected chi connectivity index (χ3v) is 6.32. The highest BCUT2D eigenvalue weighted by Crippen LogP contribution is 2.21. The molecule has 1 fully saturated rings. The van der Waals surface area contributed by atoms with Crippen molar-refractivity contribution < 1.29 is 4.79 Å². The Morgan fingerprint density at radius 3 is 2.43 bits per heavy atom. The molecule has 2 aromatic rings. The number of aryl methyl sites for hydroxylation is 1. The molecule has 7 heteroatoms. The Bertz CT molecular complexity index is 846. The van der Waals surface area contributed by atoms with E-state index in [4.69, 9.17) is 4.99 Å². The third-order valence-electron chi connectivity index (χ3n) is 5.26. The number of piperazine rings is 1. The molecule has 28 heavy (non-hydrogen) atoms. The normalized spacial score (nSPS) is 17.1. The van der Waals surface area contributed by atoms with Crippen LogP contribution in [-0.2, 0) is 7.05 Å². The SMILES string of the molecule is CCCC(CC)N=c1sc(-c2ccc(C(=O)N3CCN(C)CC3)cc2)nn1C. The van der Waals surface area contributed by atoms with E-state index < -0.39 is 0 Å². The van der Waals surface area contributed by atoms with Gasteiger partial charge in [0.05, 0.1) is 6.04 Å². The second kappa shape index (κ2) is 9.47. The Morgan fingerprint density at radius 2 is 1.82 bits per heavy atom. The summed E-state index contributed by atoms with van der Waals surface area (Å²) in [6.07, 6.45) is 3.29. The van der Waals surface area contributed by atoms with Crippen LogP contribution in [0, 0.1) is 0 Å². The molecule has 1 saturated heterocycles. The Kier molecular flexibility index (Phi) is 7.02. The lowest BCUT2D eigenvalue weighted by Crippen LogP contribution is -2.47. The quantitative estimate of drug-likeness (QED) is 0.748. The third kappa shape index (κ3) is 4.89. The maximum atomic E-state index is 12.7. The van der Waals surface area contributed by atoms with Crippen molar-refractivity contribution in [2.24, 2.45) is 12.0 Å². The molecule has 0 radical (unpaired) electrons. The Hall–Kier alpha value is -1.99. The molecule has 0 aliphatic carbocycles. The van der Waals surface area contributed by atoms with Crippen molar-refractivity contribution in [2.75, 3.05) is 33.2 Å². The number of hydrogen-bond acceptors (Lipinski definition) is 5. The summed E-state index contributed by atoms with van der Waals surface area (Å²) in [5.41, 5.74) is 1.77. The topological polar surface area (TPSA) is 53.7 Å². The first-order chi connectivity index (χ1) is 13.5. The number of rotatable bonds is 6. The monoisotopic (exact) mass is 401 g/mol. The molecule has 3 rings (SSSR count). The van der Waals surface area contributed by atoms with Gasteiger partial charge in [0.25, 0.3) is 5.91 Å². The molecule has 0 N–H and O–H groups in total. The summed E-state index contributed by atoms with van der Waals surface area (Å²) < 4.78 is 1.86. The summed E-state index contributed by atoms with van der Waals surface area (Å²) >= 11 is 1.61. The van der Waals surface area contributed by atoms with Gasteiger partial charge in [0.1, 0.15) is 5.01 Å². The van der Waals surface area contributed by atoms with Crippen molar-refractivity contribution in [1.29, 1.82) is 0 Å². The van der Waals surface area contributed by atoms with E-state index in [9.17, 15) is 4.79 Å². The number of nitrogens with zero attached hydrogens (tertiary/aromatic N) is 5. The van der Waals surface area contributed by atoms with Crippen molar-refractivity contribution in [3.05, 3.63) is 34.6 Å². The summed E-state index contributed by atoms with van der Waals surface area (Å²) in [4.78, 5) is 22.7. The van der Waals surface area contributed by atoms with Crippen LogP contribution in [0.3, 0.4) is 0 Å². The van der Waals surface area contributed by atoms with Crippen molar-refractivity contribution in [2.45, 2.75) is 39.2 Å². The van der Waals surface area contributed by atoms with Gasteiger partial charge in [-0.3, -0.25) is 9.79 Å². The average Bonchev–Trinajstić information content (AvgIpc) is 3.08. The molecule has 1 unspecified atom stereocenters. The van der Waals surface area contributed by atoms with Crippen molar-refractivity contribution in [1.82, 2.24) is 19.6 Å². The van der Waals surface area contributed by atoms with Crippen LogP contribution >= 0.6 is 11.3 Å². The fourth-order valence-electron chi connectivity index (χ4n) is 3.38. The zero-order valence-corrected chi connectivity index (χ0v) is 18.2. The van der Waals surface area contributed by atoms with Crippen LogP contribution in [0.2, 0.25) is 0 Å². The fraction of sp³-hybridized carbons (Fsp3) is 0.571. The predicted octanol–water partition coefficient (Wildman–Crippen LogP) is 3.02. The molecule has 0 saturated carbocycles. The van der Waals surface area contributed by atoms with E-state index in [1.54, 1.807) is 11.3 Å². The van der Waals surface area contributed by atoms with Crippen LogP contribution in [0.1, 0.15) is 43.5 Å². The van der Waals surface area contributed by atoms with Gasteiger partial charge in [-0.25, -0.2) is 4.68 Å². The maximum absolute atomic E-state index is 12.7. The zero-order chi connectivity index (χ0) is 20.1. The van der Waals surface area contributed by atoms with E-state index >= 15 is 0 Å². The van der Waals surface area contributed by atoms with Crippen LogP contribution in [0.15, 0.2) is 29.3 Å². The van der Waals surface area contributed by atoms with Crippen molar-refractivity contribution >= 4 is 17.2 Å². The van der Waals surface area contributed by atoms with Gasteiger partial charge in [0, 0.05) is 44.4 Å². The van der Waals surface area contributed by atoms with E-state index in [-0.39, 0.29) is 5.91 Å². The maximum Gasteiger partial charge on any atom is 0.253 e. The van der Waals surface area contributed by atoms with E-state index in [2.05, 4.69) is 30.9 Å². The lowest BCUT2D eigenvalue weighted by molar-refractivity contribution is 0.0664. The zero-order valence-electron chi connectivity index (χ0n) is 17.4. The minimum absolute atomic E-state index is 0.116. The number of benzene rings is 1. The van der Waals surface area contributed by atoms with Crippen LogP contribution < -0.4 is 4.80 Å². The Labute approximate surface area is 171 Å². The largest absolute Gasteiger partial charge is 0.336 e.